The summed E-state index contributed by atoms with van der Waals surface area (Å²) in [6.45, 7) is 2.07. The van der Waals surface area contributed by atoms with E-state index < -0.39 is 10.8 Å². The number of nitrogens with zero attached hydrogens (tertiary/aromatic N) is 4. The van der Waals surface area contributed by atoms with Crippen molar-refractivity contribution >= 4 is 23.8 Å². The molecule has 0 bridgehead atoms. The number of non-ortho nitro benzene ring substituents is 1. The number of ether oxygens (including phenoxy) is 1. The van der Waals surface area contributed by atoms with Crippen LogP contribution >= 0.6 is 0 Å². The Morgan fingerprint density at radius 3 is 2.61 bits per heavy atom. The molecule has 2 aromatic carbocycles. The zero-order valence-electron chi connectivity index (χ0n) is 16.7. The molecule has 0 radical (unpaired) electrons. The maximum Gasteiger partial charge on any atom is 0.278 e. The monoisotopic (exact) mass is 420 g/mol. The summed E-state index contributed by atoms with van der Waals surface area (Å²) in [5.74, 6) is 0.182. The van der Waals surface area contributed by atoms with Crippen LogP contribution in [0.25, 0.3) is 0 Å². The van der Waals surface area contributed by atoms with Gasteiger partial charge in [0.15, 0.2) is 6.61 Å². The molecule has 0 unspecified atom stereocenters. The Morgan fingerprint density at radius 2 is 1.90 bits per heavy atom. The smallest absolute Gasteiger partial charge is 0.278 e. The lowest BCUT2D eigenvalue weighted by molar-refractivity contribution is -0.384. The Balaban J connectivity index is 1.49. The second-order valence-electron chi connectivity index (χ2n) is 6.44. The minimum Gasteiger partial charge on any atom is -0.467 e. The van der Waals surface area contributed by atoms with E-state index in [1.807, 2.05) is 30.3 Å². The number of aryl methyl sites for hydroxylation is 1. The fraction of sp³-hybridized carbons (Fsp3) is 0.143. The van der Waals surface area contributed by atoms with Gasteiger partial charge in [-0.3, -0.25) is 14.9 Å². The van der Waals surface area contributed by atoms with E-state index in [1.165, 1.54) is 30.5 Å². The van der Waals surface area contributed by atoms with Crippen molar-refractivity contribution in [2.45, 2.75) is 13.5 Å². The van der Waals surface area contributed by atoms with Crippen LogP contribution in [0.3, 0.4) is 0 Å². The van der Waals surface area contributed by atoms with Crippen molar-refractivity contribution < 1.29 is 14.5 Å². The first-order chi connectivity index (χ1) is 15.0. The molecule has 2 N–H and O–H groups in total. The number of hydrogen-bond donors (Lipinski definition) is 2. The Labute approximate surface area is 178 Å². The van der Waals surface area contributed by atoms with Gasteiger partial charge >= 0.3 is 0 Å². The number of anilines is 1. The first-order valence-electron chi connectivity index (χ1n) is 9.32. The lowest BCUT2D eigenvalue weighted by Gasteiger charge is -2.09. The molecular weight excluding hydrogens is 400 g/mol. The predicted octanol–water partition coefficient (Wildman–Crippen LogP) is 2.83. The fourth-order valence-corrected chi connectivity index (χ4v) is 2.50. The zero-order chi connectivity index (χ0) is 22.1. The van der Waals surface area contributed by atoms with E-state index in [0.29, 0.717) is 23.8 Å². The Hall–Kier alpha value is -4.34. The number of nitro groups is 1. The highest BCUT2D eigenvalue weighted by atomic mass is 16.6. The molecule has 0 fully saturated rings. The quantitative estimate of drug-likeness (QED) is 0.309. The molecule has 3 rings (SSSR count). The third-order valence-electron chi connectivity index (χ3n) is 3.98. The van der Waals surface area contributed by atoms with E-state index in [9.17, 15) is 14.9 Å². The summed E-state index contributed by atoms with van der Waals surface area (Å²) in [6, 6.07) is 17.2. The molecule has 1 aromatic heterocycles. The molecule has 0 aliphatic carbocycles. The number of carbonyl (C=O) groups is 1. The zero-order valence-corrected chi connectivity index (χ0v) is 16.7. The number of aromatic nitrogens is 2. The average Bonchev–Trinajstić information content (AvgIpc) is 2.77. The third-order valence-corrected chi connectivity index (χ3v) is 3.98. The van der Waals surface area contributed by atoms with Crippen molar-refractivity contribution in [1.29, 1.82) is 0 Å². The molecule has 0 saturated carbocycles. The predicted molar refractivity (Wildman–Crippen MR) is 115 cm³/mol. The molecule has 0 atom stereocenters. The second kappa shape index (κ2) is 10.4. The lowest BCUT2D eigenvalue weighted by atomic mass is 10.2. The summed E-state index contributed by atoms with van der Waals surface area (Å²) >= 11 is 0. The first-order valence-corrected chi connectivity index (χ1v) is 9.32. The molecule has 10 nitrogen and oxygen atoms in total. The van der Waals surface area contributed by atoms with Gasteiger partial charge in [-0.1, -0.05) is 30.3 Å². The van der Waals surface area contributed by atoms with E-state index in [0.717, 1.165) is 5.56 Å². The van der Waals surface area contributed by atoms with Crippen molar-refractivity contribution in [3.8, 4) is 5.88 Å². The summed E-state index contributed by atoms with van der Waals surface area (Å²) in [7, 11) is 0. The summed E-state index contributed by atoms with van der Waals surface area (Å²) in [5.41, 5.74) is 4.69. The molecule has 0 aliphatic heterocycles. The summed E-state index contributed by atoms with van der Waals surface area (Å²) in [5, 5.41) is 17.6. The fourth-order valence-electron chi connectivity index (χ4n) is 2.50. The van der Waals surface area contributed by atoms with Gasteiger partial charge in [-0.15, -0.1) is 0 Å². The van der Waals surface area contributed by atoms with Gasteiger partial charge in [0.1, 0.15) is 0 Å². The maximum absolute atomic E-state index is 11.9. The second-order valence-corrected chi connectivity index (χ2v) is 6.44. The van der Waals surface area contributed by atoms with Gasteiger partial charge in [-0.05, 0) is 30.2 Å². The van der Waals surface area contributed by atoms with Gasteiger partial charge in [-0.2, -0.15) is 10.1 Å². The number of benzene rings is 2. The number of nitrogens with one attached hydrogen (secondary N) is 2. The van der Waals surface area contributed by atoms with Crippen LogP contribution in [0.15, 0.2) is 65.8 Å². The minimum absolute atomic E-state index is 0.0210. The van der Waals surface area contributed by atoms with Gasteiger partial charge in [0, 0.05) is 30.4 Å². The molecule has 1 heterocycles. The molecule has 0 saturated heterocycles. The number of hydrazone groups is 1. The summed E-state index contributed by atoms with van der Waals surface area (Å²) in [4.78, 5) is 30.6. The standard InChI is InChI=1S/C21H20N6O4/c1-15-11-20(25-21(24-15)22-12-16-5-3-2-4-6-16)31-14-19(28)26-23-13-17-7-9-18(10-8-17)27(29)30/h2-11,13H,12,14H2,1H3,(H,26,28)(H,22,24,25). The van der Waals surface area contributed by atoms with Crippen molar-refractivity contribution in [2.75, 3.05) is 11.9 Å². The molecule has 31 heavy (non-hydrogen) atoms. The van der Waals surface area contributed by atoms with Gasteiger partial charge < -0.3 is 10.1 Å². The highest BCUT2D eigenvalue weighted by Crippen LogP contribution is 2.13. The minimum atomic E-state index is -0.489. The molecular formula is C21H20N6O4. The van der Waals surface area contributed by atoms with Crippen molar-refractivity contribution in [3.05, 3.63) is 87.6 Å². The van der Waals surface area contributed by atoms with Crippen molar-refractivity contribution in [3.63, 3.8) is 0 Å². The Bertz CT molecular complexity index is 1070. The Kier molecular flexibility index (Phi) is 7.20. The van der Waals surface area contributed by atoms with Crippen LogP contribution in [-0.2, 0) is 11.3 Å². The van der Waals surface area contributed by atoms with Crippen LogP contribution in [-0.4, -0.2) is 33.6 Å². The van der Waals surface area contributed by atoms with Crippen LogP contribution in [0.5, 0.6) is 5.88 Å². The number of amides is 1. The molecule has 10 heteroatoms. The normalized spacial score (nSPS) is 10.6. The molecule has 0 spiro atoms. The summed E-state index contributed by atoms with van der Waals surface area (Å²) < 4.78 is 5.43. The van der Waals surface area contributed by atoms with Gasteiger partial charge in [0.2, 0.25) is 11.8 Å². The highest BCUT2D eigenvalue weighted by Gasteiger charge is 2.07. The molecule has 158 valence electrons. The van der Waals surface area contributed by atoms with Gasteiger partial charge in [0.25, 0.3) is 11.6 Å². The molecule has 3 aromatic rings. The van der Waals surface area contributed by atoms with E-state index >= 15 is 0 Å². The first kappa shape index (κ1) is 21.4. The van der Waals surface area contributed by atoms with E-state index in [1.54, 1.807) is 13.0 Å². The number of rotatable bonds is 9. The van der Waals surface area contributed by atoms with Gasteiger partial charge in [0.05, 0.1) is 11.1 Å². The number of nitro benzene ring substituents is 1. The largest absolute Gasteiger partial charge is 0.467 e. The highest BCUT2D eigenvalue weighted by molar-refractivity contribution is 5.83. The van der Waals surface area contributed by atoms with Crippen LogP contribution in [0.1, 0.15) is 16.8 Å². The lowest BCUT2D eigenvalue weighted by Crippen LogP contribution is -2.25. The number of carbonyl (C=O) groups excluding carboxylic acids is 1. The van der Waals surface area contributed by atoms with Crippen LogP contribution < -0.4 is 15.5 Å². The van der Waals surface area contributed by atoms with E-state index in [2.05, 4.69) is 25.8 Å². The van der Waals surface area contributed by atoms with Crippen LogP contribution in [0.4, 0.5) is 11.6 Å². The molecule has 0 aliphatic rings. The average molecular weight is 420 g/mol. The third kappa shape index (κ3) is 6.89. The Morgan fingerprint density at radius 1 is 1.16 bits per heavy atom. The van der Waals surface area contributed by atoms with Crippen LogP contribution in [0.2, 0.25) is 0 Å². The van der Waals surface area contributed by atoms with E-state index in [-0.39, 0.29) is 18.2 Å². The topological polar surface area (TPSA) is 132 Å². The van der Waals surface area contributed by atoms with E-state index in [4.69, 9.17) is 4.74 Å². The van der Waals surface area contributed by atoms with Crippen molar-refractivity contribution in [2.24, 2.45) is 5.10 Å². The van der Waals surface area contributed by atoms with Crippen molar-refractivity contribution in [1.82, 2.24) is 15.4 Å². The summed E-state index contributed by atoms with van der Waals surface area (Å²) in [6.07, 6.45) is 1.38. The SMILES string of the molecule is Cc1cc(OCC(=O)NN=Cc2ccc([N+](=O)[O-])cc2)nc(NCc2ccccc2)n1. The van der Waals surface area contributed by atoms with Gasteiger partial charge in [-0.25, -0.2) is 10.4 Å². The maximum atomic E-state index is 11.9. The molecule has 1 amide bonds. The number of hydrogen-bond acceptors (Lipinski definition) is 8. The van der Waals surface area contributed by atoms with Crippen LogP contribution in [0, 0.1) is 17.0 Å².